The van der Waals surface area contributed by atoms with Gasteiger partial charge in [-0.3, -0.25) is 9.69 Å². The number of carbonyl (C=O) groups excluding carboxylic acids is 1. The van der Waals surface area contributed by atoms with E-state index in [0.717, 1.165) is 16.8 Å². The highest BCUT2D eigenvalue weighted by Gasteiger charge is 2.17. The first-order valence-electron chi connectivity index (χ1n) is 6.87. The first-order valence-corrected chi connectivity index (χ1v) is 7.81. The van der Waals surface area contributed by atoms with Crippen molar-refractivity contribution in [3.8, 4) is 11.3 Å². The third kappa shape index (κ3) is 2.76. The molecule has 0 N–H and O–H groups in total. The second-order valence-electron chi connectivity index (χ2n) is 4.98. The molecule has 0 aliphatic rings. The topological polar surface area (TPSA) is 46.1 Å². The Morgan fingerprint density at radius 1 is 1.05 bits per heavy atom. The monoisotopic (exact) mass is 309 g/mol. The van der Waals surface area contributed by atoms with E-state index >= 15 is 0 Å². The fourth-order valence-electron chi connectivity index (χ4n) is 2.13. The minimum absolute atomic E-state index is 0.0690. The fraction of sp³-hybridized carbons (Fsp3) is 0.118. The summed E-state index contributed by atoms with van der Waals surface area (Å²) in [7, 11) is 1.71. The van der Waals surface area contributed by atoms with E-state index in [1.54, 1.807) is 7.05 Å². The molecule has 1 aromatic carbocycles. The van der Waals surface area contributed by atoms with Gasteiger partial charge in [-0.2, -0.15) is 11.3 Å². The summed E-state index contributed by atoms with van der Waals surface area (Å²) < 4.78 is 0. The minimum atomic E-state index is -0.0690. The first kappa shape index (κ1) is 14.4. The van der Waals surface area contributed by atoms with E-state index < -0.39 is 0 Å². The molecule has 0 aliphatic carbocycles. The third-order valence-corrected chi connectivity index (χ3v) is 4.32. The minimum Gasteiger partial charge on any atom is -0.294 e. The number of rotatable bonds is 3. The van der Waals surface area contributed by atoms with Gasteiger partial charge in [0.25, 0.3) is 5.91 Å². The van der Waals surface area contributed by atoms with Gasteiger partial charge in [0.15, 0.2) is 5.82 Å². The van der Waals surface area contributed by atoms with Crippen LogP contribution in [-0.2, 0) is 0 Å². The number of nitrogens with zero attached hydrogens (tertiary/aromatic N) is 3. The first-order chi connectivity index (χ1) is 10.7. The van der Waals surface area contributed by atoms with Crippen LogP contribution in [0.25, 0.3) is 11.3 Å². The van der Waals surface area contributed by atoms with Crippen molar-refractivity contribution in [1.82, 2.24) is 10.2 Å². The zero-order valence-electron chi connectivity index (χ0n) is 12.4. The maximum Gasteiger partial charge on any atom is 0.260 e. The van der Waals surface area contributed by atoms with Crippen LogP contribution in [0.15, 0.2) is 53.2 Å². The summed E-state index contributed by atoms with van der Waals surface area (Å²) in [6.45, 7) is 1.93. The Hall–Kier alpha value is -2.53. The normalized spacial score (nSPS) is 10.5. The lowest BCUT2D eigenvalue weighted by Crippen LogP contribution is -2.27. The molecule has 0 saturated carbocycles. The number of hydrogen-bond donors (Lipinski definition) is 0. The number of anilines is 1. The van der Waals surface area contributed by atoms with Gasteiger partial charge >= 0.3 is 0 Å². The Labute approximate surface area is 133 Å². The molecule has 0 fully saturated rings. The molecule has 22 heavy (non-hydrogen) atoms. The third-order valence-electron chi connectivity index (χ3n) is 3.45. The molecule has 4 nitrogen and oxygen atoms in total. The van der Waals surface area contributed by atoms with Gasteiger partial charge in [-0.05, 0) is 30.0 Å². The number of carbonyl (C=O) groups is 1. The molecule has 3 rings (SSSR count). The Morgan fingerprint density at radius 3 is 2.41 bits per heavy atom. The maximum absolute atomic E-state index is 12.4. The molecule has 0 unspecified atom stereocenters. The van der Waals surface area contributed by atoms with Crippen LogP contribution in [-0.4, -0.2) is 23.2 Å². The molecule has 0 bridgehead atoms. The van der Waals surface area contributed by atoms with E-state index in [1.165, 1.54) is 16.2 Å². The molecule has 2 aromatic heterocycles. The van der Waals surface area contributed by atoms with Gasteiger partial charge < -0.3 is 0 Å². The van der Waals surface area contributed by atoms with Crippen LogP contribution in [0.4, 0.5) is 5.82 Å². The van der Waals surface area contributed by atoms with E-state index in [1.807, 2.05) is 60.1 Å². The van der Waals surface area contributed by atoms with Crippen LogP contribution >= 0.6 is 11.3 Å². The number of hydrogen-bond acceptors (Lipinski definition) is 4. The van der Waals surface area contributed by atoms with E-state index in [0.29, 0.717) is 11.4 Å². The molecule has 0 radical (unpaired) electrons. The zero-order chi connectivity index (χ0) is 15.5. The van der Waals surface area contributed by atoms with Crippen LogP contribution in [0.3, 0.4) is 0 Å². The lowest BCUT2D eigenvalue weighted by Gasteiger charge is -2.15. The van der Waals surface area contributed by atoms with Crippen molar-refractivity contribution < 1.29 is 4.79 Å². The molecule has 0 saturated heterocycles. The predicted molar refractivity (Wildman–Crippen MR) is 89.3 cm³/mol. The summed E-state index contributed by atoms with van der Waals surface area (Å²) in [5.74, 6) is 0.468. The van der Waals surface area contributed by atoms with Crippen LogP contribution in [0, 0.1) is 6.92 Å². The highest BCUT2D eigenvalue weighted by Crippen LogP contribution is 2.20. The standard InChI is InChI=1S/C17H15N3OS/c1-12-10-22-11-14(12)17(21)20(2)16-9-8-15(18-19-16)13-6-4-3-5-7-13/h3-11H,1-2H3. The van der Waals surface area contributed by atoms with Gasteiger partial charge in [0.2, 0.25) is 0 Å². The van der Waals surface area contributed by atoms with Gasteiger partial charge in [0, 0.05) is 18.0 Å². The molecular weight excluding hydrogens is 294 g/mol. The molecular formula is C17H15N3OS. The molecule has 0 spiro atoms. The summed E-state index contributed by atoms with van der Waals surface area (Å²) in [6.07, 6.45) is 0. The Balaban J connectivity index is 1.84. The second kappa shape index (κ2) is 6.07. The van der Waals surface area contributed by atoms with Crippen molar-refractivity contribution >= 4 is 23.1 Å². The summed E-state index contributed by atoms with van der Waals surface area (Å²) in [5, 5.41) is 12.2. The average Bonchev–Trinajstić information content (AvgIpc) is 3.00. The van der Waals surface area contributed by atoms with E-state index in [-0.39, 0.29) is 5.91 Å². The van der Waals surface area contributed by atoms with Crippen molar-refractivity contribution in [2.45, 2.75) is 6.92 Å². The number of thiophene rings is 1. The highest BCUT2D eigenvalue weighted by molar-refractivity contribution is 7.08. The van der Waals surface area contributed by atoms with E-state index in [9.17, 15) is 4.79 Å². The SMILES string of the molecule is Cc1cscc1C(=O)N(C)c1ccc(-c2ccccc2)nn1. The van der Waals surface area contributed by atoms with Gasteiger partial charge in [0.05, 0.1) is 11.3 Å². The largest absolute Gasteiger partial charge is 0.294 e. The molecule has 1 amide bonds. The average molecular weight is 309 g/mol. The number of aryl methyl sites for hydroxylation is 1. The van der Waals surface area contributed by atoms with Crippen LogP contribution < -0.4 is 4.90 Å². The Morgan fingerprint density at radius 2 is 1.82 bits per heavy atom. The number of benzene rings is 1. The van der Waals surface area contributed by atoms with Crippen molar-refractivity contribution in [3.05, 3.63) is 64.4 Å². The number of aromatic nitrogens is 2. The molecule has 0 aliphatic heterocycles. The van der Waals surface area contributed by atoms with Gasteiger partial charge in [-0.25, -0.2) is 0 Å². The molecule has 2 heterocycles. The van der Waals surface area contributed by atoms with Gasteiger partial charge in [-0.15, -0.1) is 10.2 Å². The predicted octanol–water partition coefficient (Wildman–Crippen LogP) is 3.79. The Bertz CT molecular complexity index is 781. The highest BCUT2D eigenvalue weighted by atomic mass is 32.1. The molecule has 110 valence electrons. The molecule has 3 aromatic rings. The van der Waals surface area contributed by atoms with Crippen molar-refractivity contribution in [3.63, 3.8) is 0 Å². The van der Waals surface area contributed by atoms with Crippen molar-refractivity contribution in [2.24, 2.45) is 0 Å². The van der Waals surface area contributed by atoms with E-state index in [2.05, 4.69) is 10.2 Å². The fourth-order valence-corrected chi connectivity index (χ4v) is 2.95. The van der Waals surface area contributed by atoms with Crippen LogP contribution in [0.1, 0.15) is 15.9 Å². The van der Waals surface area contributed by atoms with Gasteiger partial charge in [0.1, 0.15) is 0 Å². The van der Waals surface area contributed by atoms with Gasteiger partial charge in [-0.1, -0.05) is 30.3 Å². The summed E-state index contributed by atoms with van der Waals surface area (Å²) in [6, 6.07) is 13.5. The van der Waals surface area contributed by atoms with Crippen molar-refractivity contribution in [2.75, 3.05) is 11.9 Å². The number of amides is 1. The molecule has 0 atom stereocenters. The lowest BCUT2D eigenvalue weighted by atomic mass is 10.1. The summed E-state index contributed by atoms with van der Waals surface area (Å²) in [5.41, 5.74) is 3.48. The quantitative estimate of drug-likeness (QED) is 0.739. The zero-order valence-corrected chi connectivity index (χ0v) is 13.2. The smallest absolute Gasteiger partial charge is 0.260 e. The summed E-state index contributed by atoms with van der Waals surface area (Å²) >= 11 is 1.52. The molecule has 5 heteroatoms. The second-order valence-corrected chi connectivity index (χ2v) is 5.72. The van der Waals surface area contributed by atoms with E-state index in [4.69, 9.17) is 0 Å². The lowest BCUT2D eigenvalue weighted by molar-refractivity contribution is 0.0992. The van der Waals surface area contributed by atoms with Crippen LogP contribution in [0.2, 0.25) is 0 Å². The Kier molecular flexibility index (Phi) is 3.98. The summed E-state index contributed by atoms with van der Waals surface area (Å²) in [4.78, 5) is 14.0. The van der Waals surface area contributed by atoms with Crippen LogP contribution in [0.5, 0.6) is 0 Å². The van der Waals surface area contributed by atoms with Crippen molar-refractivity contribution in [1.29, 1.82) is 0 Å². The maximum atomic E-state index is 12.4.